The first-order valence-corrected chi connectivity index (χ1v) is 14.1. The van der Waals surface area contributed by atoms with E-state index in [1.165, 1.54) is 89.9 Å². The fraction of sp³-hybridized carbons (Fsp3) is 0.862. The molecule has 0 aromatic heterocycles. The minimum atomic E-state index is -0.850. The third-order valence-corrected chi connectivity index (χ3v) is 5.99. The van der Waals surface area contributed by atoms with Crippen molar-refractivity contribution in [3.05, 3.63) is 12.2 Å². The van der Waals surface area contributed by atoms with Gasteiger partial charge in [0.25, 0.3) is 0 Å². The molecule has 0 aliphatic carbocycles. The van der Waals surface area contributed by atoms with Crippen molar-refractivity contribution in [1.82, 2.24) is 0 Å². The van der Waals surface area contributed by atoms with Gasteiger partial charge in [-0.25, -0.2) is 4.79 Å². The van der Waals surface area contributed by atoms with E-state index in [9.17, 15) is 9.59 Å². The molecule has 0 radical (unpaired) electrons. The largest absolute Gasteiger partial charge is 0.516 e. The predicted molar refractivity (Wildman–Crippen MR) is 139 cm³/mol. The first-order valence-electron chi connectivity index (χ1n) is 14.1. The smallest absolute Gasteiger partial charge is 0.434 e. The molecule has 0 rings (SSSR count). The molecule has 0 amide bonds. The van der Waals surface area contributed by atoms with Crippen LogP contribution in [-0.2, 0) is 14.3 Å². The van der Waals surface area contributed by atoms with Crippen molar-refractivity contribution in [1.29, 1.82) is 0 Å². The number of hydrogen-bond donors (Lipinski definition) is 0. The topological polar surface area (TPSA) is 52.6 Å². The van der Waals surface area contributed by atoms with Gasteiger partial charge in [0.2, 0.25) is 0 Å². The van der Waals surface area contributed by atoms with Crippen LogP contribution >= 0.6 is 0 Å². The normalized spacial score (nSPS) is 11.4. The van der Waals surface area contributed by atoms with Gasteiger partial charge >= 0.3 is 12.1 Å². The van der Waals surface area contributed by atoms with Crippen LogP contribution in [0.3, 0.4) is 0 Å². The van der Waals surface area contributed by atoms with Crippen LogP contribution in [0.1, 0.15) is 149 Å². The van der Waals surface area contributed by atoms with Crippen LogP contribution in [0, 0.1) is 5.92 Å². The van der Waals surface area contributed by atoms with Gasteiger partial charge in [-0.3, -0.25) is 4.79 Å². The summed E-state index contributed by atoms with van der Waals surface area (Å²) in [6.45, 7) is 6.84. The summed E-state index contributed by atoms with van der Waals surface area (Å²) in [4.78, 5) is 23.1. The van der Waals surface area contributed by atoms with Crippen LogP contribution in [0.2, 0.25) is 0 Å². The maximum atomic E-state index is 11.6. The molecule has 0 saturated heterocycles. The van der Waals surface area contributed by atoms with Crippen molar-refractivity contribution in [2.75, 3.05) is 6.61 Å². The zero-order chi connectivity index (χ0) is 24.4. The zero-order valence-corrected chi connectivity index (χ0v) is 22.2. The second kappa shape index (κ2) is 25.3. The molecule has 33 heavy (non-hydrogen) atoms. The van der Waals surface area contributed by atoms with Gasteiger partial charge in [0.05, 0.1) is 6.61 Å². The molecular weight excluding hydrogens is 412 g/mol. The molecule has 0 saturated carbocycles. The van der Waals surface area contributed by atoms with Gasteiger partial charge < -0.3 is 9.47 Å². The van der Waals surface area contributed by atoms with Gasteiger partial charge in [-0.05, 0) is 50.9 Å². The summed E-state index contributed by atoms with van der Waals surface area (Å²) >= 11 is 0. The zero-order valence-electron chi connectivity index (χ0n) is 22.2. The Hall–Kier alpha value is -1.32. The quantitative estimate of drug-likeness (QED) is 0.0650. The van der Waals surface area contributed by atoms with E-state index in [4.69, 9.17) is 4.74 Å². The van der Waals surface area contributed by atoms with E-state index in [1.54, 1.807) is 0 Å². The highest BCUT2D eigenvalue weighted by Crippen LogP contribution is 2.13. The van der Waals surface area contributed by atoms with E-state index in [-0.39, 0.29) is 0 Å². The Morgan fingerprint density at radius 2 is 1.15 bits per heavy atom. The average molecular weight is 467 g/mol. The summed E-state index contributed by atoms with van der Waals surface area (Å²) in [5.41, 5.74) is 0. The minimum Gasteiger partial charge on any atom is -0.434 e. The lowest BCUT2D eigenvalue weighted by atomic mass is 10.1. The molecule has 0 unspecified atom stereocenters. The Morgan fingerprint density at radius 3 is 1.67 bits per heavy atom. The van der Waals surface area contributed by atoms with E-state index in [2.05, 4.69) is 37.7 Å². The number of esters is 1. The molecule has 4 heteroatoms. The van der Waals surface area contributed by atoms with Gasteiger partial charge in [-0.1, -0.05) is 110 Å². The first-order chi connectivity index (χ1) is 16.1. The van der Waals surface area contributed by atoms with Crippen molar-refractivity contribution in [3.63, 3.8) is 0 Å². The van der Waals surface area contributed by atoms with E-state index in [0.717, 1.165) is 32.1 Å². The third-order valence-electron chi connectivity index (χ3n) is 5.99. The maximum Gasteiger partial charge on any atom is 0.516 e. The molecule has 4 nitrogen and oxygen atoms in total. The monoisotopic (exact) mass is 466 g/mol. The molecule has 0 spiro atoms. The molecule has 0 heterocycles. The number of unbranched alkanes of at least 4 members (excludes halogenated alkanes) is 15. The standard InChI is InChI=1S/C29H54O4/c1-4-5-6-7-8-9-10-11-12-13-14-15-16-17-18-19-20-21-22-25-28(30)33-29(31)32-26-23-24-27(2)3/h11-12,27H,4-10,13-26H2,1-3H3. The van der Waals surface area contributed by atoms with Crippen molar-refractivity contribution in [2.24, 2.45) is 5.92 Å². The summed E-state index contributed by atoms with van der Waals surface area (Å²) in [6, 6.07) is 0. The molecule has 0 aromatic carbocycles. The predicted octanol–water partition coefficient (Wildman–Crippen LogP) is 9.70. The number of ether oxygens (including phenoxy) is 2. The summed E-state index contributed by atoms with van der Waals surface area (Å²) in [5, 5.41) is 0. The maximum absolute atomic E-state index is 11.6. The highest BCUT2D eigenvalue weighted by atomic mass is 16.7. The molecule has 0 fully saturated rings. The number of carbonyl (C=O) groups is 2. The number of hydrogen-bond acceptors (Lipinski definition) is 4. The average Bonchev–Trinajstić information content (AvgIpc) is 2.78. The number of allylic oxidation sites excluding steroid dienone is 2. The van der Waals surface area contributed by atoms with Crippen LogP contribution in [-0.4, -0.2) is 18.7 Å². The molecule has 0 N–H and O–H groups in total. The van der Waals surface area contributed by atoms with E-state index in [0.29, 0.717) is 18.9 Å². The summed E-state index contributed by atoms with van der Waals surface area (Å²) < 4.78 is 9.61. The van der Waals surface area contributed by atoms with Crippen LogP contribution in [0.4, 0.5) is 4.79 Å². The van der Waals surface area contributed by atoms with Crippen LogP contribution in [0.15, 0.2) is 12.2 Å². The first kappa shape index (κ1) is 31.7. The molecule has 0 aromatic rings. The number of carbonyl (C=O) groups excluding carboxylic acids is 2. The van der Waals surface area contributed by atoms with Crippen LogP contribution in [0.25, 0.3) is 0 Å². The van der Waals surface area contributed by atoms with Gasteiger partial charge in [-0.2, -0.15) is 0 Å². The molecule has 0 atom stereocenters. The number of rotatable bonds is 23. The van der Waals surface area contributed by atoms with Crippen LogP contribution < -0.4 is 0 Å². The Bertz CT molecular complexity index is 470. The fourth-order valence-corrected chi connectivity index (χ4v) is 3.87. The minimum absolute atomic E-state index is 0.299. The molecule has 0 bridgehead atoms. The Balaban J connectivity index is 3.29. The Morgan fingerprint density at radius 1 is 0.667 bits per heavy atom. The Labute approximate surface area is 205 Å². The van der Waals surface area contributed by atoms with Crippen molar-refractivity contribution >= 4 is 12.1 Å². The van der Waals surface area contributed by atoms with E-state index >= 15 is 0 Å². The van der Waals surface area contributed by atoms with Crippen molar-refractivity contribution in [3.8, 4) is 0 Å². The molecular formula is C29H54O4. The van der Waals surface area contributed by atoms with Gasteiger partial charge in [0.1, 0.15) is 0 Å². The molecule has 194 valence electrons. The van der Waals surface area contributed by atoms with E-state index in [1.807, 2.05) is 0 Å². The highest BCUT2D eigenvalue weighted by Gasteiger charge is 2.11. The van der Waals surface area contributed by atoms with Crippen molar-refractivity contribution in [2.45, 2.75) is 149 Å². The highest BCUT2D eigenvalue weighted by molar-refractivity contribution is 5.81. The van der Waals surface area contributed by atoms with Crippen LogP contribution in [0.5, 0.6) is 0 Å². The fourth-order valence-electron chi connectivity index (χ4n) is 3.87. The lowest BCUT2D eigenvalue weighted by molar-refractivity contribution is -0.140. The second-order valence-corrected chi connectivity index (χ2v) is 9.86. The summed E-state index contributed by atoms with van der Waals surface area (Å²) in [7, 11) is 0. The second-order valence-electron chi connectivity index (χ2n) is 9.86. The van der Waals surface area contributed by atoms with E-state index < -0.39 is 12.1 Å². The summed E-state index contributed by atoms with van der Waals surface area (Å²) in [6.07, 6.45) is 27.5. The van der Waals surface area contributed by atoms with Gasteiger partial charge in [0.15, 0.2) is 0 Å². The molecule has 0 aliphatic rings. The van der Waals surface area contributed by atoms with Crippen molar-refractivity contribution < 1.29 is 19.1 Å². The lowest BCUT2D eigenvalue weighted by Crippen LogP contribution is -2.14. The Kier molecular flexibility index (Phi) is 24.3. The van der Waals surface area contributed by atoms with Gasteiger partial charge in [0, 0.05) is 6.42 Å². The lowest BCUT2D eigenvalue weighted by Gasteiger charge is -2.06. The SMILES string of the molecule is CCCCCCCCC=CCCCCCCCCCCCC(=O)OC(=O)OCCCC(C)C. The molecule has 0 aliphatic heterocycles. The third kappa shape index (κ3) is 26.8. The summed E-state index contributed by atoms with van der Waals surface area (Å²) in [5.74, 6) is 0.114. The van der Waals surface area contributed by atoms with Gasteiger partial charge in [-0.15, -0.1) is 0 Å².